The summed E-state index contributed by atoms with van der Waals surface area (Å²) in [6.07, 6.45) is 4.50. The van der Waals surface area contributed by atoms with Crippen LogP contribution in [0.3, 0.4) is 0 Å². The van der Waals surface area contributed by atoms with Gasteiger partial charge in [-0.15, -0.1) is 4.41 Å². The maximum absolute atomic E-state index is 10.7. The molecule has 1 aliphatic heterocycles. The minimum atomic E-state index is -3.04. The van der Waals surface area contributed by atoms with Crippen LogP contribution in [0.1, 0.15) is 0 Å². The van der Waals surface area contributed by atoms with Crippen molar-refractivity contribution in [2.45, 2.75) is 0 Å². The molecule has 5 heteroatoms. The van der Waals surface area contributed by atoms with Crippen LogP contribution in [0.5, 0.6) is 0 Å². The van der Waals surface area contributed by atoms with Crippen molar-refractivity contribution >= 4 is 10.0 Å². The van der Waals surface area contributed by atoms with E-state index in [0.717, 1.165) is 10.7 Å². The lowest BCUT2D eigenvalue weighted by Gasteiger charge is -2.11. The Balaban J connectivity index is 2.68. The molecule has 0 aromatic carbocycles. The van der Waals surface area contributed by atoms with E-state index in [0.29, 0.717) is 6.54 Å². The van der Waals surface area contributed by atoms with Crippen molar-refractivity contribution in [3.63, 3.8) is 0 Å². The van der Waals surface area contributed by atoms with Crippen molar-refractivity contribution in [2.75, 3.05) is 12.8 Å². The molecule has 0 unspecified atom stereocenters. The second-order valence-electron chi connectivity index (χ2n) is 1.83. The summed E-state index contributed by atoms with van der Waals surface area (Å²) in [4.78, 5) is 0. The summed E-state index contributed by atoms with van der Waals surface area (Å²) in [6.45, 7) is 0.429. The molecule has 0 atom stereocenters. The fourth-order valence-electron chi connectivity index (χ4n) is 0.568. The number of rotatable bonds is 1. The van der Waals surface area contributed by atoms with Crippen LogP contribution in [0.25, 0.3) is 0 Å². The van der Waals surface area contributed by atoms with Crippen LogP contribution in [-0.2, 0) is 10.0 Å². The van der Waals surface area contributed by atoms with E-state index in [1.54, 1.807) is 12.3 Å². The second kappa shape index (κ2) is 2.00. The molecule has 0 aliphatic carbocycles. The van der Waals surface area contributed by atoms with Crippen molar-refractivity contribution in [3.8, 4) is 0 Å². The number of hydrogen-bond acceptors (Lipinski definition) is 3. The average molecular weight is 148 g/mol. The zero-order chi connectivity index (χ0) is 6.91. The monoisotopic (exact) mass is 148 g/mol. The molecule has 9 heavy (non-hydrogen) atoms. The number of sulfonamides is 1. The molecule has 0 amide bonds. The fraction of sp³-hybridized carbons (Fsp3) is 0.500. The van der Waals surface area contributed by atoms with E-state index in [4.69, 9.17) is 0 Å². The first-order valence-electron chi connectivity index (χ1n) is 2.49. The van der Waals surface area contributed by atoms with Crippen LogP contribution in [0.2, 0.25) is 0 Å². The van der Waals surface area contributed by atoms with Crippen molar-refractivity contribution < 1.29 is 8.42 Å². The van der Waals surface area contributed by atoms with Gasteiger partial charge < -0.3 is 5.43 Å². The van der Waals surface area contributed by atoms with E-state index in [-0.39, 0.29) is 0 Å². The zero-order valence-electron chi connectivity index (χ0n) is 5.03. The summed E-state index contributed by atoms with van der Waals surface area (Å²) >= 11 is 0. The fourth-order valence-corrected chi connectivity index (χ4v) is 1.18. The molecule has 1 rings (SSSR count). The third kappa shape index (κ3) is 1.43. The van der Waals surface area contributed by atoms with Gasteiger partial charge in [-0.3, -0.25) is 0 Å². The first-order valence-corrected chi connectivity index (χ1v) is 4.34. The first-order chi connectivity index (χ1) is 4.11. The van der Waals surface area contributed by atoms with E-state index >= 15 is 0 Å². The van der Waals surface area contributed by atoms with Crippen molar-refractivity contribution in [1.29, 1.82) is 0 Å². The second-order valence-corrected chi connectivity index (χ2v) is 3.73. The highest BCUT2D eigenvalue weighted by Crippen LogP contribution is 1.97. The van der Waals surface area contributed by atoms with Gasteiger partial charge in [0.05, 0.1) is 12.8 Å². The predicted molar refractivity (Wildman–Crippen MR) is 33.8 cm³/mol. The highest BCUT2D eigenvalue weighted by Gasteiger charge is 2.15. The highest BCUT2D eigenvalue weighted by molar-refractivity contribution is 7.88. The Labute approximate surface area is 54.2 Å². The Kier molecular flexibility index (Phi) is 1.46. The van der Waals surface area contributed by atoms with Gasteiger partial charge in [-0.2, -0.15) is 0 Å². The molecule has 0 bridgehead atoms. The summed E-state index contributed by atoms with van der Waals surface area (Å²) in [5, 5.41) is 0. The quantitative estimate of drug-likeness (QED) is 0.534. The summed E-state index contributed by atoms with van der Waals surface area (Å²) in [7, 11) is -3.04. The van der Waals surface area contributed by atoms with Gasteiger partial charge in [-0.1, -0.05) is 6.08 Å². The molecule has 1 N–H and O–H groups in total. The van der Waals surface area contributed by atoms with E-state index in [2.05, 4.69) is 5.43 Å². The Hall–Kier alpha value is -0.550. The van der Waals surface area contributed by atoms with E-state index in [1.165, 1.54) is 0 Å². The Morgan fingerprint density at radius 1 is 1.67 bits per heavy atom. The van der Waals surface area contributed by atoms with E-state index in [9.17, 15) is 8.42 Å². The molecular weight excluding hydrogens is 140 g/mol. The van der Waals surface area contributed by atoms with Gasteiger partial charge in [-0.05, 0) is 0 Å². The molecule has 1 heterocycles. The third-order valence-corrected chi connectivity index (χ3v) is 2.06. The molecule has 0 saturated heterocycles. The first kappa shape index (κ1) is 6.57. The Morgan fingerprint density at radius 2 is 2.33 bits per heavy atom. The van der Waals surface area contributed by atoms with Gasteiger partial charge >= 0.3 is 0 Å². The van der Waals surface area contributed by atoms with Gasteiger partial charge in [0.15, 0.2) is 0 Å². The molecule has 1 aliphatic rings. The van der Waals surface area contributed by atoms with Crippen LogP contribution in [0.4, 0.5) is 0 Å². The molecule has 0 aromatic heterocycles. The zero-order valence-corrected chi connectivity index (χ0v) is 5.85. The van der Waals surface area contributed by atoms with Gasteiger partial charge in [0.1, 0.15) is 0 Å². The lowest BCUT2D eigenvalue weighted by molar-refractivity contribution is 0.418. The van der Waals surface area contributed by atoms with Crippen LogP contribution in [-0.4, -0.2) is 25.6 Å². The average Bonchev–Trinajstić information content (AvgIpc) is 2.08. The number of nitrogens with zero attached hydrogens (tertiary/aromatic N) is 1. The molecule has 0 aromatic rings. The van der Waals surface area contributed by atoms with Gasteiger partial charge in [0.2, 0.25) is 10.0 Å². The minimum absolute atomic E-state index is 0.429. The largest absolute Gasteiger partial charge is 0.313 e. The smallest absolute Gasteiger partial charge is 0.228 e. The predicted octanol–water partition coefficient (Wildman–Crippen LogP) is -0.720. The van der Waals surface area contributed by atoms with Gasteiger partial charge in [0.25, 0.3) is 0 Å². The maximum Gasteiger partial charge on any atom is 0.228 e. The lowest BCUT2D eigenvalue weighted by Crippen LogP contribution is -2.35. The van der Waals surface area contributed by atoms with Crippen LogP contribution >= 0.6 is 0 Å². The standard InChI is InChI=1S/C4H8N2O2S/c1-9(7,8)6-4-2-3-5-6/h2-3,5H,4H2,1H3. The summed E-state index contributed by atoms with van der Waals surface area (Å²) in [5.41, 5.74) is 2.56. The number of hydrogen-bond donors (Lipinski definition) is 1. The third-order valence-electron chi connectivity index (χ3n) is 1.01. The highest BCUT2D eigenvalue weighted by atomic mass is 32.2. The van der Waals surface area contributed by atoms with Crippen molar-refractivity contribution in [3.05, 3.63) is 12.3 Å². The molecule has 4 nitrogen and oxygen atoms in total. The van der Waals surface area contributed by atoms with E-state index < -0.39 is 10.0 Å². The van der Waals surface area contributed by atoms with Gasteiger partial charge in [0, 0.05) is 6.20 Å². The molecule has 0 saturated carbocycles. The number of nitrogens with one attached hydrogen (secondary N) is 1. The summed E-state index contributed by atoms with van der Waals surface area (Å²) in [5.74, 6) is 0. The lowest BCUT2D eigenvalue weighted by atomic mass is 10.7. The summed E-state index contributed by atoms with van der Waals surface area (Å²) < 4.78 is 22.5. The normalized spacial score (nSPS) is 20.1. The molecule has 52 valence electrons. The van der Waals surface area contributed by atoms with Crippen LogP contribution in [0.15, 0.2) is 12.3 Å². The van der Waals surface area contributed by atoms with Gasteiger partial charge in [-0.25, -0.2) is 8.42 Å². The topological polar surface area (TPSA) is 49.4 Å². The molecule has 0 fully saturated rings. The number of hydrazine groups is 1. The summed E-state index contributed by atoms with van der Waals surface area (Å²) in [6, 6.07) is 0. The maximum atomic E-state index is 10.7. The Morgan fingerprint density at radius 3 is 2.56 bits per heavy atom. The van der Waals surface area contributed by atoms with Crippen molar-refractivity contribution in [1.82, 2.24) is 9.84 Å². The Bertz CT molecular complexity index is 211. The van der Waals surface area contributed by atoms with Crippen LogP contribution in [0, 0.1) is 0 Å². The molecular formula is C4H8N2O2S. The van der Waals surface area contributed by atoms with Crippen molar-refractivity contribution in [2.24, 2.45) is 0 Å². The molecule has 0 spiro atoms. The van der Waals surface area contributed by atoms with E-state index in [1.807, 2.05) is 0 Å². The molecule has 0 radical (unpaired) electrons. The van der Waals surface area contributed by atoms with Crippen LogP contribution < -0.4 is 5.43 Å². The minimum Gasteiger partial charge on any atom is -0.313 e. The SMILES string of the molecule is CS(=O)(=O)N1CC=CN1.